The Morgan fingerprint density at radius 1 is 1.10 bits per heavy atom. The Hall–Kier alpha value is -2.60. The number of nitrogens with one attached hydrogen (secondary N) is 3. The number of guanidine groups is 1. The lowest BCUT2D eigenvalue weighted by atomic mass is 9.89. The van der Waals surface area contributed by atoms with E-state index in [1.807, 2.05) is 24.4 Å². The third kappa shape index (κ3) is 7.87. The van der Waals surface area contributed by atoms with Crippen LogP contribution in [0, 0.1) is 12.8 Å². The Balaban J connectivity index is 1.44. The van der Waals surface area contributed by atoms with Crippen LogP contribution in [0.4, 0.5) is 5.82 Å². The second-order valence-corrected chi connectivity index (χ2v) is 8.10. The van der Waals surface area contributed by atoms with Crippen LogP contribution in [-0.2, 0) is 4.74 Å². The van der Waals surface area contributed by atoms with Crippen LogP contribution in [0.25, 0.3) is 0 Å². The molecule has 0 bridgehead atoms. The Morgan fingerprint density at radius 3 is 2.71 bits per heavy atom. The first-order chi connectivity index (χ1) is 15.3. The smallest absolute Gasteiger partial charge is 0.191 e. The normalized spacial score (nSPS) is 19.1. The molecule has 0 radical (unpaired) electrons. The van der Waals surface area contributed by atoms with Crippen molar-refractivity contribution in [2.24, 2.45) is 10.9 Å². The molecule has 3 rings (SSSR count). The molecular weight excluding hydrogens is 386 g/mol. The predicted molar refractivity (Wildman–Crippen MR) is 129 cm³/mol. The van der Waals surface area contributed by atoms with Crippen molar-refractivity contribution in [3.05, 3.63) is 59.8 Å². The summed E-state index contributed by atoms with van der Waals surface area (Å²) in [6, 6.07) is 14.7. The van der Waals surface area contributed by atoms with E-state index < -0.39 is 0 Å². The number of hydrogen-bond donors (Lipinski definition) is 3. The summed E-state index contributed by atoms with van der Waals surface area (Å²) >= 11 is 0. The highest BCUT2D eigenvalue weighted by atomic mass is 16.5. The minimum atomic E-state index is 0.138. The molecular formula is C25H37N5O. The summed E-state index contributed by atoms with van der Waals surface area (Å²) in [4.78, 5) is 9.17. The van der Waals surface area contributed by atoms with Crippen LogP contribution in [0.15, 0.2) is 53.7 Å². The van der Waals surface area contributed by atoms with E-state index in [-0.39, 0.29) is 6.10 Å². The third-order valence-electron chi connectivity index (χ3n) is 5.55. The number of hydrogen-bond acceptors (Lipinski definition) is 4. The maximum Gasteiger partial charge on any atom is 0.191 e. The third-order valence-corrected chi connectivity index (χ3v) is 5.55. The van der Waals surface area contributed by atoms with Gasteiger partial charge >= 0.3 is 0 Å². The van der Waals surface area contributed by atoms with Gasteiger partial charge in [0, 0.05) is 44.9 Å². The van der Waals surface area contributed by atoms with E-state index in [1.54, 1.807) is 0 Å². The summed E-state index contributed by atoms with van der Waals surface area (Å²) in [5.74, 6) is 2.24. The highest BCUT2D eigenvalue weighted by molar-refractivity contribution is 5.79. The van der Waals surface area contributed by atoms with Gasteiger partial charge in [-0.1, -0.05) is 35.9 Å². The second-order valence-electron chi connectivity index (χ2n) is 8.10. The van der Waals surface area contributed by atoms with Gasteiger partial charge in [0.05, 0.1) is 6.10 Å². The molecule has 2 heterocycles. The monoisotopic (exact) mass is 423 g/mol. The molecule has 2 aromatic rings. The number of aromatic nitrogens is 1. The Kier molecular flexibility index (Phi) is 9.64. The number of nitrogens with zero attached hydrogens (tertiary/aromatic N) is 2. The van der Waals surface area contributed by atoms with Crippen molar-refractivity contribution >= 4 is 11.8 Å². The van der Waals surface area contributed by atoms with Crippen LogP contribution in [0.3, 0.4) is 0 Å². The van der Waals surface area contributed by atoms with Crippen molar-refractivity contribution < 1.29 is 4.74 Å². The molecule has 3 N–H and O–H groups in total. The van der Waals surface area contributed by atoms with E-state index in [9.17, 15) is 0 Å². The van der Waals surface area contributed by atoms with Gasteiger partial charge in [0.1, 0.15) is 5.82 Å². The lowest BCUT2D eigenvalue weighted by Crippen LogP contribution is -2.38. The van der Waals surface area contributed by atoms with E-state index in [1.165, 1.54) is 11.1 Å². The largest absolute Gasteiger partial charge is 0.373 e. The zero-order valence-electron chi connectivity index (χ0n) is 18.9. The molecule has 6 nitrogen and oxygen atoms in total. The fourth-order valence-electron chi connectivity index (χ4n) is 3.85. The molecule has 1 aliphatic rings. The van der Waals surface area contributed by atoms with E-state index in [4.69, 9.17) is 9.73 Å². The molecule has 1 fully saturated rings. The lowest BCUT2D eigenvalue weighted by molar-refractivity contribution is -0.0250. The molecule has 1 aromatic heterocycles. The average Bonchev–Trinajstić information content (AvgIpc) is 2.81. The minimum absolute atomic E-state index is 0.138. The highest BCUT2D eigenvalue weighted by Crippen LogP contribution is 2.33. The zero-order chi connectivity index (χ0) is 21.7. The molecule has 31 heavy (non-hydrogen) atoms. The van der Waals surface area contributed by atoms with E-state index in [0.29, 0.717) is 5.92 Å². The summed E-state index contributed by atoms with van der Waals surface area (Å²) in [5, 5.41) is 10.2. The van der Waals surface area contributed by atoms with Crippen molar-refractivity contribution in [1.29, 1.82) is 0 Å². The topological polar surface area (TPSA) is 70.6 Å². The van der Waals surface area contributed by atoms with Crippen LogP contribution in [0.5, 0.6) is 0 Å². The molecule has 1 aliphatic heterocycles. The van der Waals surface area contributed by atoms with Crippen LogP contribution >= 0.6 is 0 Å². The van der Waals surface area contributed by atoms with Crippen molar-refractivity contribution in [2.75, 3.05) is 38.1 Å². The maximum atomic E-state index is 6.15. The van der Waals surface area contributed by atoms with Gasteiger partial charge in [0.15, 0.2) is 5.96 Å². The van der Waals surface area contributed by atoms with Crippen LogP contribution < -0.4 is 16.0 Å². The van der Waals surface area contributed by atoms with Crippen LogP contribution in [-0.4, -0.2) is 43.7 Å². The Morgan fingerprint density at radius 2 is 1.94 bits per heavy atom. The van der Waals surface area contributed by atoms with Gasteiger partial charge in [-0.25, -0.2) is 4.98 Å². The van der Waals surface area contributed by atoms with Crippen molar-refractivity contribution in [3.63, 3.8) is 0 Å². The number of unbranched alkanes of at least 4 members (excludes halogenated alkanes) is 1. The zero-order valence-corrected chi connectivity index (χ0v) is 18.9. The lowest BCUT2D eigenvalue weighted by Gasteiger charge is -2.31. The average molecular weight is 424 g/mol. The van der Waals surface area contributed by atoms with Crippen molar-refractivity contribution in [2.45, 2.75) is 45.6 Å². The molecule has 6 heteroatoms. The quantitative estimate of drug-likeness (QED) is 0.302. The Labute approximate surface area is 186 Å². The first-order valence-corrected chi connectivity index (χ1v) is 11.6. The molecule has 0 saturated carbocycles. The van der Waals surface area contributed by atoms with Gasteiger partial charge < -0.3 is 20.7 Å². The van der Waals surface area contributed by atoms with Gasteiger partial charge in [0.2, 0.25) is 0 Å². The number of aryl methyl sites for hydroxylation is 1. The van der Waals surface area contributed by atoms with Gasteiger partial charge in [-0.3, -0.25) is 4.99 Å². The summed E-state index contributed by atoms with van der Waals surface area (Å²) in [5.41, 5.74) is 2.55. The first-order valence-electron chi connectivity index (χ1n) is 11.6. The molecule has 2 unspecified atom stereocenters. The molecule has 0 spiro atoms. The van der Waals surface area contributed by atoms with Gasteiger partial charge in [-0.05, 0) is 57.2 Å². The molecule has 0 aliphatic carbocycles. The minimum Gasteiger partial charge on any atom is -0.373 e. The number of ether oxygens (including phenoxy) is 1. The van der Waals surface area contributed by atoms with Gasteiger partial charge in [-0.15, -0.1) is 0 Å². The summed E-state index contributed by atoms with van der Waals surface area (Å²) in [6.07, 6.45) is 6.36. The molecule has 2 atom stereocenters. The van der Waals surface area contributed by atoms with E-state index in [0.717, 1.165) is 70.2 Å². The molecule has 0 amide bonds. The fraction of sp³-hybridized carbons (Fsp3) is 0.520. The SMILES string of the molecule is CCNC(=NCC1CCCOC1c1ccc(C)cc1)NCCCCNc1ccccn1. The summed E-state index contributed by atoms with van der Waals surface area (Å²) < 4.78 is 6.15. The fourth-order valence-corrected chi connectivity index (χ4v) is 3.85. The molecule has 1 aromatic carbocycles. The van der Waals surface area contributed by atoms with Gasteiger partial charge in [0.25, 0.3) is 0 Å². The number of benzene rings is 1. The second kappa shape index (κ2) is 13.0. The van der Waals surface area contributed by atoms with Crippen molar-refractivity contribution in [3.8, 4) is 0 Å². The van der Waals surface area contributed by atoms with Crippen LogP contribution in [0.2, 0.25) is 0 Å². The highest BCUT2D eigenvalue weighted by Gasteiger charge is 2.27. The molecule has 1 saturated heterocycles. The number of aliphatic imine (C=N–C) groups is 1. The van der Waals surface area contributed by atoms with Crippen LogP contribution in [0.1, 0.15) is 49.8 Å². The number of anilines is 1. The van der Waals surface area contributed by atoms with Gasteiger partial charge in [-0.2, -0.15) is 0 Å². The number of rotatable bonds is 10. The summed E-state index contributed by atoms with van der Waals surface area (Å²) in [6.45, 7) is 8.51. The predicted octanol–water partition coefficient (Wildman–Crippen LogP) is 4.31. The Bertz CT molecular complexity index is 778. The number of pyridine rings is 1. The maximum absolute atomic E-state index is 6.15. The standard InChI is InChI=1S/C25H37N5O/c1-3-26-25(29-17-7-6-16-28-23-10-4-5-15-27-23)30-19-22-9-8-18-31-24(22)21-13-11-20(2)12-14-21/h4-5,10-15,22,24H,3,6-9,16-19H2,1-2H3,(H,27,28)(H2,26,29,30). The molecule has 168 valence electrons. The van der Waals surface area contributed by atoms with Crippen molar-refractivity contribution in [1.82, 2.24) is 15.6 Å². The van der Waals surface area contributed by atoms with E-state index in [2.05, 4.69) is 59.0 Å². The van der Waals surface area contributed by atoms with E-state index >= 15 is 0 Å². The summed E-state index contributed by atoms with van der Waals surface area (Å²) in [7, 11) is 0. The first kappa shape index (κ1) is 23.1.